The second-order valence-electron chi connectivity index (χ2n) is 10.7. The maximum atomic E-state index is 14.3. The molecule has 1 N–H and O–H groups in total. The van der Waals surface area contributed by atoms with Crippen molar-refractivity contribution in [3.8, 4) is 0 Å². The minimum Gasteiger partial charge on any atom is -0.351 e. The molecule has 0 radical (unpaired) electrons. The van der Waals surface area contributed by atoms with Gasteiger partial charge in [-0.1, -0.05) is 109 Å². The monoisotopic (exact) mass is 604 g/mol. The van der Waals surface area contributed by atoms with Gasteiger partial charge in [0.05, 0.1) is 11.4 Å². The molecule has 0 saturated carbocycles. The summed E-state index contributed by atoms with van der Waals surface area (Å²) in [4.78, 5) is 34.1. The molecule has 2 amide bonds. The van der Waals surface area contributed by atoms with Crippen molar-refractivity contribution >= 4 is 32.7 Å². The van der Waals surface area contributed by atoms with E-state index in [0.29, 0.717) is 10.9 Å². The zero-order valence-corrected chi connectivity index (χ0v) is 24.8. The van der Waals surface area contributed by atoms with Crippen LogP contribution in [0, 0.1) is 0 Å². The van der Waals surface area contributed by atoms with E-state index in [0.717, 1.165) is 16.7 Å². The standard InChI is InChI=1S/C35H32N4O4S/c40-34(37-24-26-12-4-1-5-13-26)30-25-38(35(41)32(27-14-6-2-7-15-27)28-16-8-3-9-17-28)22-23-39(30)44(42,43)31-20-10-18-29-19-11-21-36-33(29)31/h1-21,30,32H,22-25H2,(H,37,40). The average Bonchev–Trinajstić information content (AvgIpc) is 3.08. The molecule has 8 nitrogen and oxygen atoms in total. The average molecular weight is 605 g/mol. The molecule has 5 aromatic rings. The van der Waals surface area contributed by atoms with Gasteiger partial charge in [0.2, 0.25) is 21.8 Å². The summed E-state index contributed by atoms with van der Waals surface area (Å²) in [6.07, 6.45) is 1.55. The minimum absolute atomic E-state index is 0.0303. The Kier molecular flexibility index (Phi) is 8.49. The van der Waals surface area contributed by atoms with E-state index in [1.165, 1.54) is 10.4 Å². The van der Waals surface area contributed by atoms with Crippen LogP contribution in [0.25, 0.3) is 10.9 Å². The lowest BCUT2D eigenvalue weighted by Gasteiger charge is -2.41. The second kappa shape index (κ2) is 12.8. The zero-order chi connectivity index (χ0) is 30.5. The molecule has 0 aliphatic carbocycles. The fourth-order valence-corrected chi connectivity index (χ4v) is 7.47. The Labute approximate surface area is 257 Å². The van der Waals surface area contributed by atoms with Gasteiger partial charge in [-0.05, 0) is 28.8 Å². The molecule has 6 rings (SSSR count). The maximum absolute atomic E-state index is 14.3. The smallest absolute Gasteiger partial charge is 0.246 e. The molecule has 222 valence electrons. The van der Waals surface area contributed by atoms with Gasteiger partial charge in [-0.15, -0.1) is 0 Å². The molecule has 1 saturated heterocycles. The van der Waals surface area contributed by atoms with Gasteiger partial charge in [0, 0.05) is 37.8 Å². The van der Waals surface area contributed by atoms with E-state index in [9.17, 15) is 18.0 Å². The van der Waals surface area contributed by atoms with Crippen molar-refractivity contribution in [2.45, 2.75) is 23.4 Å². The van der Waals surface area contributed by atoms with Gasteiger partial charge in [0.15, 0.2) is 0 Å². The summed E-state index contributed by atoms with van der Waals surface area (Å²) in [6, 6.07) is 35.8. The molecule has 1 atom stereocenters. The van der Waals surface area contributed by atoms with Crippen LogP contribution >= 0.6 is 0 Å². The highest BCUT2D eigenvalue weighted by Gasteiger charge is 2.43. The molecule has 4 aromatic carbocycles. The van der Waals surface area contributed by atoms with Crippen LogP contribution in [0.4, 0.5) is 0 Å². The lowest BCUT2D eigenvalue weighted by atomic mass is 9.89. The first-order valence-corrected chi connectivity index (χ1v) is 15.9. The first-order valence-electron chi connectivity index (χ1n) is 14.5. The predicted octanol–water partition coefficient (Wildman–Crippen LogP) is 4.58. The highest BCUT2D eigenvalue weighted by atomic mass is 32.2. The van der Waals surface area contributed by atoms with Crippen molar-refractivity contribution in [1.29, 1.82) is 0 Å². The number of nitrogens with one attached hydrogen (secondary N) is 1. The SMILES string of the molecule is O=C(NCc1ccccc1)C1CN(C(=O)C(c2ccccc2)c2ccccc2)CCN1S(=O)(=O)c1cccc2cccnc12. The van der Waals surface area contributed by atoms with E-state index in [4.69, 9.17) is 0 Å². The minimum atomic E-state index is -4.17. The van der Waals surface area contributed by atoms with Crippen molar-refractivity contribution < 1.29 is 18.0 Å². The quantitative estimate of drug-likeness (QED) is 0.280. The van der Waals surface area contributed by atoms with Crippen LogP contribution in [0.1, 0.15) is 22.6 Å². The molecule has 0 spiro atoms. The van der Waals surface area contributed by atoms with Crippen molar-refractivity contribution in [2.75, 3.05) is 19.6 Å². The molecule has 9 heteroatoms. The highest BCUT2D eigenvalue weighted by molar-refractivity contribution is 7.89. The van der Waals surface area contributed by atoms with Gasteiger partial charge in [-0.2, -0.15) is 4.31 Å². The van der Waals surface area contributed by atoms with Crippen LogP contribution in [0.2, 0.25) is 0 Å². The van der Waals surface area contributed by atoms with Gasteiger partial charge in [-0.3, -0.25) is 14.6 Å². The molecule has 1 aliphatic rings. The maximum Gasteiger partial charge on any atom is 0.246 e. The fourth-order valence-electron chi connectivity index (χ4n) is 5.73. The molecular formula is C35H32N4O4S. The fraction of sp³-hybridized carbons (Fsp3) is 0.171. The summed E-state index contributed by atoms with van der Waals surface area (Å²) >= 11 is 0. The van der Waals surface area contributed by atoms with E-state index in [1.54, 1.807) is 35.4 Å². The molecule has 44 heavy (non-hydrogen) atoms. The number of carbonyl (C=O) groups excluding carboxylic acids is 2. The van der Waals surface area contributed by atoms with Gasteiger partial charge in [0.25, 0.3) is 0 Å². The lowest BCUT2D eigenvalue weighted by Crippen LogP contribution is -2.61. The third kappa shape index (κ3) is 5.97. The van der Waals surface area contributed by atoms with Crippen molar-refractivity contribution in [2.24, 2.45) is 0 Å². The van der Waals surface area contributed by atoms with E-state index in [-0.39, 0.29) is 37.0 Å². The zero-order valence-electron chi connectivity index (χ0n) is 24.0. The number of para-hydroxylation sites is 1. The Hall–Kier alpha value is -4.86. The topological polar surface area (TPSA) is 99.7 Å². The van der Waals surface area contributed by atoms with Crippen LogP contribution in [0.15, 0.2) is 132 Å². The van der Waals surface area contributed by atoms with Crippen molar-refractivity contribution in [1.82, 2.24) is 19.5 Å². The van der Waals surface area contributed by atoms with E-state index in [1.807, 2.05) is 91.0 Å². The number of sulfonamides is 1. The number of benzene rings is 4. The summed E-state index contributed by atoms with van der Waals surface area (Å²) in [7, 11) is -4.17. The van der Waals surface area contributed by atoms with Crippen LogP contribution in [0.3, 0.4) is 0 Å². The summed E-state index contributed by atoms with van der Waals surface area (Å²) in [6.45, 7) is 0.226. The summed E-state index contributed by atoms with van der Waals surface area (Å²) in [5, 5.41) is 3.59. The molecule has 2 heterocycles. The summed E-state index contributed by atoms with van der Waals surface area (Å²) < 4.78 is 29.7. The number of aromatic nitrogens is 1. The number of fused-ring (bicyclic) bond motifs is 1. The Morgan fingerprint density at radius 3 is 2.05 bits per heavy atom. The number of hydrogen-bond acceptors (Lipinski definition) is 5. The Bertz CT molecular complexity index is 1820. The number of amides is 2. The first kappa shape index (κ1) is 29.2. The number of carbonyl (C=O) groups is 2. The summed E-state index contributed by atoms with van der Waals surface area (Å²) in [5.41, 5.74) is 2.87. The van der Waals surface area contributed by atoms with Crippen LogP contribution in [-0.2, 0) is 26.2 Å². The first-order chi connectivity index (χ1) is 21.4. The van der Waals surface area contributed by atoms with Crippen molar-refractivity contribution in [3.05, 3.63) is 144 Å². The molecule has 1 aliphatic heterocycles. The Balaban J connectivity index is 1.34. The second-order valence-corrected chi connectivity index (χ2v) is 12.6. The molecule has 1 unspecified atom stereocenters. The highest BCUT2D eigenvalue weighted by Crippen LogP contribution is 2.31. The third-order valence-electron chi connectivity index (χ3n) is 7.95. The molecule has 0 bridgehead atoms. The largest absolute Gasteiger partial charge is 0.351 e. The Morgan fingerprint density at radius 2 is 1.39 bits per heavy atom. The van der Waals surface area contributed by atoms with E-state index in [2.05, 4.69) is 10.3 Å². The van der Waals surface area contributed by atoms with Gasteiger partial charge >= 0.3 is 0 Å². The number of nitrogens with zero attached hydrogens (tertiary/aromatic N) is 3. The van der Waals surface area contributed by atoms with Crippen LogP contribution < -0.4 is 5.32 Å². The normalized spacial score (nSPS) is 15.8. The summed E-state index contributed by atoms with van der Waals surface area (Å²) in [5.74, 6) is -1.26. The molecule has 1 aromatic heterocycles. The predicted molar refractivity (Wildman–Crippen MR) is 169 cm³/mol. The third-order valence-corrected chi connectivity index (χ3v) is 9.89. The van der Waals surface area contributed by atoms with Crippen LogP contribution in [-0.4, -0.2) is 60.1 Å². The van der Waals surface area contributed by atoms with Gasteiger partial charge in [-0.25, -0.2) is 8.42 Å². The number of hydrogen-bond donors (Lipinski definition) is 1. The molecular weight excluding hydrogens is 572 g/mol. The van der Waals surface area contributed by atoms with E-state index < -0.39 is 27.9 Å². The van der Waals surface area contributed by atoms with E-state index >= 15 is 0 Å². The number of piperazine rings is 1. The van der Waals surface area contributed by atoms with Crippen molar-refractivity contribution in [3.63, 3.8) is 0 Å². The number of pyridine rings is 1. The van der Waals surface area contributed by atoms with Gasteiger partial charge < -0.3 is 10.2 Å². The van der Waals surface area contributed by atoms with Crippen LogP contribution in [0.5, 0.6) is 0 Å². The lowest BCUT2D eigenvalue weighted by molar-refractivity contribution is -0.136. The molecule has 1 fully saturated rings. The Morgan fingerprint density at radius 1 is 0.773 bits per heavy atom. The number of rotatable bonds is 8. The van der Waals surface area contributed by atoms with Gasteiger partial charge in [0.1, 0.15) is 10.9 Å².